The molecule has 0 radical (unpaired) electrons. The Morgan fingerprint density at radius 2 is 1.87 bits per heavy atom. The largest absolute Gasteiger partial charge is 0.350 e. The van der Waals surface area contributed by atoms with Crippen molar-refractivity contribution in [2.45, 2.75) is 57.4 Å². The average molecular weight is 434 g/mol. The first kappa shape index (κ1) is 22.5. The molecule has 1 aliphatic carbocycles. The molecule has 1 amide bonds. The monoisotopic (exact) mass is 433 g/mol. The van der Waals surface area contributed by atoms with Crippen LogP contribution in [0, 0.1) is 5.92 Å². The molecule has 30 heavy (non-hydrogen) atoms. The normalized spacial score (nSPS) is 19.9. The number of pyridine rings is 1. The van der Waals surface area contributed by atoms with Crippen molar-refractivity contribution in [1.29, 1.82) is 0 Å². The number of nitrogens with one attached hydrogen (secondary N) is 1. The summed E-state index contributed by atoms with van der Waals surface area (Å²) in [4.78, 5) is 26.1. The van der Waals surface area contributed by atoms with Gasteiger partial charge in [0.25, 0.3) is 5.91 Å². The second kappa shape index (κ2) is 8.89. The Balaban J connectivity index is 2.04. The van der Waals surface area contributed by atoms with Gasteiger partial charge in [0.1, 0.15) is 5.56 Å². The molecule has 0 saturated heterocycles. The van der Waals surface area contributed by atoms with Crippen molar-refractivity contribution in [1.82, 2.24) is 14.2 Å². The predicted molar refractivity (Wildman–Crippen MR) is 118 cm³/mol. The van der Waals surface area contributed by atoms with E-state index in [-0.39, 0.29) is 21.9 Å². The van der Waals surface area contributed by atoms with E-state index in [1.165, 1.54) is 22.6 Å². The maximum atomic E-state index is 13.2. The summed E-state index contributed by atoms with van der Waals surface area (Å²) in [5.41, 5.74) is 0.182. The number of carbonyl (C=O) groups excluding carboxylic acids is 1. The fourth-order valence-corrected chi connectivity index (χ4v) is 5.77. The molecule has 2 aromatic rings. The number of amides is 1. The van der Waals surface area contributed by atoms with Crippen LogP contribution in [0.3, 0.4) is 0 Å². The Bertz CT molecular complexity index is 1100. The number of hydrogen-bond donors (Lipinski definition) is 1. The lowest BCUT2D eigenvalue weighted by molar-refractivity contribution is 0.0908. The van der Waals surface area contributed by atoms with Crippen molar-refractivity contribution in [2.24, 2.45) is 13.0 Å². The van der Waals surface area contributed by atoms with Crippen LogP contribution in [0.25, 0.3) is 10.9 Å². The number of sulfonamides is 1. The summed E-state index contributed by atoms with van der Waals surface area (Å²) in [6.07, 6.45) is 5.74. The van der Waals surface area contributed by atoms with Gasteiger partial charge in [0, 0.05) is 37.8 Å². The first-order valence-corrected chi connectivity index (χ1v) is 12.1. The Morgan fingerprint density at radius 3 is 2.50 bits per heavy atom. The number of fused-ring (bicyclic) bond motifs is 1. The van der Waals surface area contributed by atoms with Gasteiger partial charge in [-0.1, -0.05) is 33.6 Å². The smallest absolute Gasteiger partial charge is 0.256 e. The minimum absolute atomic E-state index is 0.0418. The quantitative estimate of drug-likeness (QED) is 0.759. The lowest BCUT2D eigenvalue weighted by atomic mass is 9.86. The Morgan fingerprint density at radius 1 is 1.20 bits per heavy atom. The number of benzene rings is 1. The van der Waals surface area contributed by atoms with Crippen molar-refractivity contribution in [2.75, 3.05) is 13.1 Å². The summed E-state index contributed by atoms with van der Waals surface area (Å²) in [6.45, 7) is 6.35. The van der Waals surface area contributed by atoms with E-state index in [9.17, 15) is 18.0 Å². The van der Waals surface area contributed by atoms with Crippen LogP contribution in [-0.4, -0.2) is 42.3 Å². The molecule has 8 heteroatoms. The van der Waals surface area contributed by atoms with Gasteiger partial charge in [-0.05, 0) is 37.0 Å². The number of aromatic nitrogens is 1. The molecule has 0 unspecified atom stereocenters. The average Bonchev–Trinajstić information content (AvgIpc) is 2.72. The predicted octanol–water partition coefficient (Wildman–Crippen LogP) is 2.88. The molecule has 7 nitrogen and oxygen atoms in total. The molecular formula is C22H31N3O4S. The van der Waals surface area contributed by atoms with Crippen molar-refractivity contribution < 1.29 is 13.2 Å². The van der Waals surface area contributed by atoms with E-state index in [0.717, 1.165) is 25.7 Å². The minimum Gasteiger partial charge on any atom is -0.350 e. The third kappa shape index (κ3) is 4.16. The van der Waals surface area contributed by atoms with E-state index >= 15 is 0 Å². The second-order valence-corrected chi connectivity index (χ2v) is 10.0. The molecule has 2 atom stereocenters. The Labute approximate surface area is 178 Å². The molecule has 0 spiro atoms. The number of aryl methyl sites for hydroxylation is 1. The highest BCUT2D eigenvalue weighted by Gasteiger charge is 2.26. The van der Waals surface area contributed by atoms with Crippen LogP contribution in [0.15, 0.2) is 34.1 Å². The van der Waals surface area contributed by atoms with Gasteiger partial charge in [-0.3, -0.25) is 9.59 Å². The van der Waals surface area contributed by atoms with Gasteiger partial charge >= 0.3 is 0 Å². The third-order valence-electron chi connectivity index (χ3n) is 6.18. The Hall–Kier alpha value is -2.19. The van der Waals surface area contributed by atoms with Gasteiger partial charge in [-0.2, -0.15) is 4.31 Å². The molecule has 3 rings (SSSR count). The summed E-state index contributed by atoms with van der Waals surface area (Å²) in [5, 5.41) is 3.25. The van der Waals surface area contributed by atoms with Crippen LogP contribution in [0.5, 0.6) is 0 Å². The molecule has 164 valence electrons. The topological polar surface area (TPSA) is 88.5 Å². The third-order valence-corrected chi connectivity index (χ3v) is 8.22. The lowest BCUT2D eigenvalue weighted by Crippen LogP contribution is -2.42. The van der Waals surface area contributed by atoms with E-state index in [4.69, 9.17) is 0 Å². The minimum atomic E-state index is -3.70. The molecule has 1 aromatic heterocycles. The van der Waals surface area contributed by atoms with Crippen molar-refractivity contribution in [3.8, 4) is 0 Å². The fraction of sp³-hybridized carbons (Fsp3) is 0.545. The summed E-state index contributed by atoms with van der Waals surface area (Å²) >= 11 is 0. The maximum absolute atomic E-state index is 13.2. The van der Waals surface area contributed by atoms with Crippen molar-refractivity contribution in [3.05, 3.63) is 40.2 Å². The first-order chi connectivity index (χ1) is 14.2. The molecule has 1 aliphatic rings. The first-order valence-electron chi connectivity index (χ1n) is 10.6. The van der Waals surface area contributed by atoms with Crippen molar-refractivity contribution in [3.63, 3.8) is 0 Å². The number of hydrogen-bond acceptors (Lipinski definition) is 4. The maximum Gasteiger partial charge on any atom is 0.256 e. The van der Waals surface area contributed by atoms with Crippen LogP contribution in [0.4, 0.5) is 0 Å². The second-order valence-electron chi connectivity index (χ2n) is 8.09. The lowest BCUT2D eigenvalue weighted by Gasteiger charge is -2.29. The summed E-state index contributed by atoms with van der Waals surface area (Å²) in [5.74, 6) is -0.0222. The highest BCUT2D eigenvalue weighted by molar-refractivity contribution is 7.89. The van der Waals surface area contributed by atoms with Gasteiger partial charge in [0.15, 0.2) is 0 Å². The number of nitrogens with zero attached hydrogens (tertiary/aromatic N) is 2. The molecule has 1 saturated carbocycles. The summed E-state index contributed by atoms with van der Waals surface area (Å²) in [7, 11) is -1.95. The molecule has 0 aliphatic heterocycles. The van der Waals surface area contributed by atoms with Crippen LogP contribution < -0.4 is 10.7 Å². The molecule has 0 bridgehead atoms. The zero-order valence-corrected chi connectivity index (χ0v) is 19.0. The molecule has 1 heterocycles. The van der Waals surface area contributed by atoms with E-state index in [1.807, 2.05) is 0 Å². The van der Waals surface area contributed by atoms with Gasteiger partial charge in [0.2, 0.25) is 15.5 Å². The van der Waals surface area contributed by atoms with Gasteiger partial charge in [0.05, 0.1) is 10.4 Å². The number of carbonyl (C=O) groups is 1. The standard InChI is InChI=1S/C22H31N3O4S/c1-5-25(6-2)30(28,29)16-11-12-20-17(13-16)21(26)18(14-24(20)4)22(27)23-19-10-8-7-9-15(19)3/h11-15,19H,5-10H2,1-4H3,(H,23,27)/t15-,19+/m0/s1. The summed E-state index contributed by atoms with van der Waals surface area (Å²) < 4.78 is 28.8. The highest BCUT2D eigenvalue weighted by atomic mass is 32.2. The fourth-order valence-electron chi connectivity index (χ4n) is 4.28. The van der Waals surface area contributed by atoms with Gasteiger partial charge < -0.3 is 9.88 Å². The van der Waals surface area contributed by atoms with Crippen LogP contribution in [-0.2, 0) is 17.1 Å². The molecular weight excluding hydrogens is 402 g/mol. The highest BCUT2D eigenvalue weighted by Crippen LogP contribution is 2.24. The Kier molecular flexibility index (Phi) is 6.67. The summed E-state index contributed by atoms with van der Waals surface area (Å²) in [6, 6.07) is 4.59. The van der Waals surface area contributed by atoms with Gasteiger partial charge in [-0.25, -0.2) is 8.42 Å². The molecule has 1 N–H and O–H groups in total. The van der Waals surface area contributed by atoms with E-state index in [1.54, 1.807) is 31.5 Å². The SMILES string of the molecule is CCN(CC)S(=O)(=O)c1ccc2c(c1)c(=O)c(C(=O)N[C@@H]1CCCC[C@@H]1C)cn2C. The van der Waals surface area contributed by atoms with Crippen molar-refractivity contribution >= 4 is 26.8 Å². The van der Waals surface area contributed by atoms with Crippen LogP contribution in [0.1, 0.15) is 56.8 Å². The van der Waals surface area contributed by atoms with E-state index in [0.29, 0.717) is 24.5 Å². The van der Waals surface area contributed by atoms with E-state index < -0.39 is 21.4 Å². The number of rotatable bonds is 6. The van der Waals surface area contributed by atoms with Crippen LogP contribution in [0.2, 0.25) is 0 Å². The zero-order chi connectivity index (χ0) is 22.1. The van der Waals surface area contributed by atoms with E-state index in [2.05, 4.69) is 12.2 Å². The van der Waals surface area contributed by atoms with Crippen LogP contribution >= 0.6 is 0 Å². The molecule has 1 fully saturated rings. The zero-order valence-electron chi connectivity index (χ0n) is 18.1. The van der Waals surface area contributed by atoms with Gasteiger partial charge in [-0.15, -0.1) is 0 Å². The molecule has 1 aromatic carbocycles.